The van der Waals surface area contributed by atoms with Crippen molar-refractivity contribution >= 4 is 17.7 Å². The summed E-state index contributed by atoms with van der Waals surface area (Å²) in [5.41, 5.74) is 4.71. The van der Waals surface area contributed by atoms with E-state index >= 15 is 0 Å². The largest absolute Gasteiger partial charge is 0.480 e. The van der Waals surface area contributed by atoms with E-state index in [4.69, 9.17) is 10.8 Å². The van der Waals surface area contributed by atoms with Gasteiger partial charge in [-0.15, -0.1) is 10.2 Å². The fourth-order valence-electron chi connectivity index (χ4n) is 1.50. The molecule has 0 radical (unpaired) electrons. The number of carbonyl (C=O) groups is 1. The molecule has 102 valence electrons. The lowest BCUT2D eigenvalue weighted by Crippen LogP contribution is -2.47. The number of aliphatic carboxylic acids is 1. The molecular weight excluding hydrogens is 252 g/mol. The predicted molar refractivity (Wildman–Crippen MR) is 70.5 cm³/mol. The van der Waals surface area contributed by atoms with Gasteiger partial charge >= 0.3 is 5.97 Å². The molecule has 1 aromatic rings. The number of hydrogen-bond donors (Lipinski definition) is 2. The van der Waals surface area contributed by atoms with Gasteiger partial charge in [0, 0.05) is 12.8 Å². The van der Waals surface area contributed by atoms with Gasteiger partial charge in [-0.1, -0.05) is 18.7 Å². The van der Waals surface area contributed by atoms with Crippen LogP contribution >= 0.6 is 11.8 Å². The van der Waals surface area contributed by atoms with E-state index in [-0.39, 0.29) is 0 Å². The van der Waals surface area contributed by atoms with Crippen LogP contribution in [0.5, 0.6) is 0 Å². The molecule has 0 aromatic carbocycles. The van der Waals surface area contributed by atoms with Crippen molar-refractivity contribution < 1.29 is 9.90 Å². The second-order valence-electron chi connectivity index (χ2n) is 4.36. The van der Waals surface area contributed by atoms with Crippen LogP contribution in [0.1, 0.15) is 32.0 Å². The minimum absolute atomic E-state index is 0.441. The van der Waals surface area contributed by atoms with Crippen molar-refractivity contribution in [2.45, 2.75) is 43.8 Å². The number of nitrogens with zero attached hydrogens (tertiary/aromatic N) is 3. The van der Waals surface area contributed by atoms with E-state index in [1.807, 2.05) is 18.5 Å². The van der Waals surface area contributed by atoms with Gasteiger partial charge in [0.25, 0.3) is 0 Å². The van der Waals surface area contributed by atoms with Crippen LogP contribution in [0.4, 0.5) is 0 Å². The third-order valence-corrected chi connectivity index (χ3v) is 4.21. The monoisotopic (exact) mass is 272 g/mol. The zero-order chi connectivity index (χ0) is 13.8. The van der Waals surface area contributed by atoms with Crippen molar-refractivity contribution in [3.05, 3.63) is 5.82 Å². The van der Waals surface area contributed by atoms with Crippen molar-refractivity contribution in [2.75, 3.05) is 5.75 Å². The van der Waals surface area contributed by atoms with Gasteiger partial charge in [-0.2, -0.15) is 0 Å². The fraction of sp³-hybridized carbons (Fsp3) is 0.727. The average molecular weight is 272 g/mol. The van der Waals surface area contributed by atoms with Gasteiger partial charge in [-0.3, -0.25) is 4.79 Å². The summed E-state index contributed by atoms with van der Waals surface area (Å²) < 4.78 is 1.91. The zero-order valence-electron chi connectivity index (χ0n) is 11.0. The van der Waals surface area contributed by atoms with Crippen LogP contribution in [0.2, 0.25) is 0 Å². The molecule has 1 unspecified atom stereocenters. The van der Waals surface area contributed by atoms with E-state index in [1.165, 1.54) is 0 Å². The van der Waals surface area contributed by atoms with Gasteiger partial charge in [0.05, 0.1) is 0 Å². The molecule has 0 aliphatic carbocycles. The Morgan fingerprint density at radius 2 is 2.22 bits per heavy atom. The van der Waals surface area contributed by atoms with Crippen LogP contribution in [0.3, 0.4) is 0 Å². The molecule has 1 aromatic heterocycles. The summed E-state index contributed by atoms with van der Waals surface area (Å²) >= 11 is 1.57. The molecule has 0 aliphatic heterocycles. The molecular formula is C11H20N4O2S. The summed E-state index contributed by atoms with van der Waals surface area (Å²) in [6.07, 6.45) is 1.66. The second-order valence-corrected chi connectivity index (χ2v) is 5.42. The molecule has 0 fully saturated rings. The first-order chi connectivity index (χ1) is 8.40. The molecule has 1 rings (SSSR count). The first-order valence-corrected chi connectivity index (χ1v) is 6.90. The van der Waals surface area contributed by atoms with Gasteiger partial charge in [0.15, 0.2) is 5.16 Å². The molecule has 7 heteroatoms. The summed E-state index contributed by atoms with van der Waals surface area (Å²) in [7, 11) is 1.91. The Bertz CT molecular complexity index is 421. The van der Waals surface area contributed by atoms with E-state index in [0.29, 0.717) is 12.8 Å². The topological polar surface area (TPSA) is 94.0 Å². The third kappa shape index (κ3) is 3.46. The highest BCUT2D eigenvalue weighted by molar-refractivity contribution is 7.99. The summed E-state index contributed by atoms with van der Waals surface area (Å²) in [5.74, 6) is 0.729. The van der Waals surface area contributed by atoms with E-state index < -0.39 is 11.5 Å². The Morgan fingerprint density at radius 3 is 2.67 bits per heavy atom. The number of hydrogen-bond acceptors (Lipinski definition) is 5. The maximum atomic E-state index is 11.0. The van der Waals surface area contributed by atoms with E-state index in [2.05, 4.69) is 10.2 Å². The molecule has 0 aliphatic rings. The minimum atomic E-state index is -1.10. The van der Waals surface area contributed by atoms with Gasteiger partial charge in [0.1, 0.15) is 11.4 Å². The SMILES string of the molecule is CCC(N)(CCCSc1nnc(C)n1C)C(=O)O. The quantitative estimate of drug-likeness (QED) is 0.572. The molecule has 0 saturated heterocycles. The number of rotatable bonds is 7. The molecule has 3 N–H and O–H groups in total. The standard InChI is InChI=1S/C11H20N4O2S/c1-4-11(12,9(16)17)6-5-7-18-10-14-13-8(2)15(10)3/h4-7,12H2,1-3H3,(H,16,17). The zero-order valence-corrected chi connectivity index (χ0v) is 11.8. The Balaban J connectivity index is 2.39. The van der Waals surface area contributed by atoms with Crippen LogP contribution < -0.4 is 5.73 Å². The molecule has 18 heavy (non-hydrogen) atoms. The number of thioether (sulfide) groups is 1. The summed E-state index contributed by atoms with van der Waals surface area (Å²) in [6, 6.07) is 0. The normalized spacial score (nSPS) is 14.4. The van der Waals surface area contributed by atoms with E-state index in [9.17, 15) is 4.79 Å². The summed E-state index contributed by atoms with van der Waals surface area (Å²) in [4.78, 5) is 11.0. The lowest BCUT2D eigenvalue weighted by molar-refractivity contribution is -0.143. The number of carboxylic acid groups (broad SMARTS) is 1. The van der Waals surface area contributed by atoms with Crippen LogP contribution in [0.15, 0.2) is 5.16 Å². The lowest BCUT2D eigenvalue weighted by atomic mass is 9.92. The van der Waals surface area contributed by atoms with E-state index in [0.717, 1.165) is 23.2 Å². The lowest BCUT2D eigenvalue weighted by Gasteiger charge is -2.22. The number of carboxylic acids is 1. The molecule has 6 nitrogen and oxygen atoms in total. The maximum Gasteiger partial charge on any atom is 0.323 e. The van der Waals surface area contributed by atoms with Crippen LogP contribution in [0.25, 0.3) is 0 Å². The molecule has 0 spiro atoms. The highest BCUT2D eigenvalue weighted by atomic mass is 32.2. The molecule has 0 bridgehead atoms. The maximum absolute atomic E-state index is 11.0. The summed E-state index contributed by atoms with van der Waals surface area (Å²) in [5, 5.41) is 17.9. The summed E-state index contributed by atoms with van der Waals surface area (Å²) in [6.45, 7) is 3.69. The first kappa shape index (κ1) is 15.0. The number of nitrogens with two attached hydrogens (primary N) is 1. The smallest absolute Gasteiger partial charge is 0.323 e. The van der Waals surface area contributed by atoms with Gasteiger partial charge < -0.3 is 15.4 Å². The third-order valence-electron chi connectivity index (χ3n) is 3.11. The van der Waals surface area contributed by atoms with Crippen LogP contribution in [-0.2, 0) is 11.8 Å². The van der Waals surface area contributed by atoms with Crippen molar-refractivity contribution in [3.63, 3.8) is 0 Å². The molecule has 1 heterocycles. The minimum Gasteiger partial charge on any atom is -0.480 e. The highest BCUT2D eigenvalue weighted by Crippen LogP contribution is 2.20. The fourth-order valence-corrected chi connectivity index (χ4v) is 2.39. The Kier molecular flexibility index (Phi) is 5.15. The van der Waals surface area contributed by atoms with Crippen molar-refractivity contribution in [3.8, 4) is 0 Å². The van der Waals surface area contributed by atoms with Crippen LogP contribution in [-0.4, -0.2) is 37.1 Å². The van der Waals surface area contributed by atoms with Crippen LogP contribution in [0, 0.1) is 6.92 Å². The Labute approximate surface area is 111 Å². The second kappa shape index (κ2) is 6.19. The average Bonchev–Trinajstić information content (AvgIpc) is 2.65. The first-order valence-electron chi connectivity index (χ1n) is 5.92. The molecule has 0 amide bonds. The van der Waals surface area contributed by atoms with Crippen molar-refractivity contribution in [1.29, 1.82) is 0 Å². The number of aromatic nitrogens is 3. The van der Waals surface area contributed by atoms with Gasteiger partial charge in [-0.05, 0) is 26.2 Å². The van der Waals surface area contributed by atoms with Crippen molar-refractivity contribution in [2.24, 2.45) is 12.8 Å². The Morgan fingerprint density at radius 1 is 1.56 bits per heavy atom. The Hall–Kier alpha value is -1.08. The van der Waals surface area contributed by atoms with Crippen molar-refractivity contribution in [1.82, 2.24) is 14.8 Å². The highest BCUT2D eigenvalue weighted by Gasteiger charge is 2.30. The van der Waals surface area contributed by atoms with Gasteiger partial charge in [0.2, 0.25) is 0 Å². The number of aryl methyl sites for hydroxylation is 1. The predicted octanol–water partition coefficient (Wildman–Crippen LogP) is 1.19. The molecule has 0 saturated carbocycles. The van der Waals surface area contributed by atoms with E-state index in [1.54, 1.807) is 18.7 Å². The molecule has 1 atom stereocenters. The van der Waals surface area contributed by atoms with Gasteiger partial charge in [-0.25, -0.2) is 0 Å².